The molecule has 0 fully saturated rings. The molecule has 258 valence electrons. The van der Waals surface area contributed by atoms with Gasteiger partial charge in [0, 0.05) is 41.0 Å². The summed E-state index contributed by atoms with van der Waals surface area (Å²) in [5.41, 5.74) is -1.37. The summed E-state index contributed by atoms with van der Waals surface area (Å²) in [7, 11) is 5.46. The van der Waals surface area contributed by atoms with E-state index in [2.05, 4.69) is 16.0 Å². The summed E-state index contributed by atoms with van der Waals surface area (Å²) >= 11 is 0. The Morgan fingerprint density at radius 1 is 0.933 bits per heavy atom. The number of aliphatic hydroxyl groups excluding tert-OH is 1. The van der Waals surface area contributed by atoms with E-state index in [0.717, 1.165) is 9.80 Å². The number of carbonyl (C=O) groups is 6. The van der Waals surface area contributed by atoms with Crippen LogP contribution in [0.1, 0.15) is 74.1 Å². The minimum Gasteiger partial charge on any atom is -0.390 e. The van der Waals surface area contributed by atoms with Gasteiger partial charge < -0.3 is 35.5 Å². The fourth-order valence-corrected chi connectivity index (χ4v) is 4.57. The van der Waals surface area contributed by atoms with E-state index in [-0.39, 0.29) is 37.0 Å². The number of rotatable bonds is 17. The number of imide groups is 1. The second-order valence-corrected chi connectivity index (χ2v) is 12.6. The molecule has 0 aliphatic rings. The average Bonchev–Trinajstić information content (AvgIpc) is 2.95. The number of nitrogens with zero attached hydrogens (tertiary/aromatic N) is 3. The Morgan fingerprint density at radius 2 is 1.51 bits per heavy atom. The minimum atomic E-state index is -1.37. The highest BCUT2D eigenvalue weighted by Gasteiger charge is 2.39. The largest absolute Gasteiger partial charge is 0.390 e. The smallest absolute Gasteiger partial charge is 0.321 e. The van der Waals surface area contributed by atoms with Crippen LogP contribution in [0.15, 0.2) is 12.2 Å². The molecule has 0 aliphatic carbocycles. The molecule has 7 amide bonds. The molecular weight excluding hydrogens is 584 g/mol. The van der Waals surface area contributed by atoms with Gasteiger partial charge in [0.2, 0.25) is 23.6 Å². The topological polar surface area (TPSA) is 189 Å². The second-order valence-electron chi connectivity index (χ2n) is 12.6. The van der Waals surface area contributed by atoms with E-state index in [1.807, 2.05) is 32.9 Å². The lowest BCUT2D eigenvalue weighted by molar-refractivity contribution is -0.148. The molecule has 0 heterocycles. The maximum Gasteiger partial charge on any atom is 0.321 e. The van der Waals surface area contributed by atoms with Crippen molar-refractivity contribution in [2.45, 2.75) is 104 Å². The number of allylic oxidation sites excluding steroid dienone is 2. The zero-order valence-electron chi connectivity index (χ0n) is 28.8. The van der Waals surface area contributed by atoms with Crippen LogP contribution >= 0.6 is 0 Å². The molecule has 0 aromatic carbocycles. The number of carbonyl (C=O) groups excluding carboxylic acids is 6. The SMILES string of the molecule is C/C=C/C[C@@H](C)[C@@H](O)[C@@H](C(=O)N[C@@H](CC)C(=O)N(C)CC(=O)N(C)[C@@H](CC(C)(C)O)C(=O)NC(=O)NC)N(C)C(=O)CC(C)C. The van der Waals surface area contributed by atoms with Crippen LogP contribution in [0.25, 0.3) is 0 Å². The number of amides is 7. The lowest BCUT2D eigenvalue weighted by Crippen LogP contribution is -2.59. The van der Waals surface area contributed by atoms with Crippen LogP contribution in [-0.2, 0) is 24.0 Å². The highest BCUT2D eigenvalue weighted by molar-refractivity contribution is 5.99. The van der Waals surface area contributed by atoms with Crippen molar-refractivity contribution in [2.75, 3.05) is 34.7 Å². The molecule has 0 radical (unpaired) electrons. The molecular formula is C31H56N6O8. The summed E-state index contributed by atoms with van der Waals surface area (Å²) in [5.74, 6) is -3.46. The molecule has 0 aromatic heterocycles. The van der Waals surface area contributed by atoms with Crippen LogP contribution in [0.4, 0.5) is 4.79 Å². The number of hydrogen-bond donors (Lipinski definition) is 5. The predicted octanol–water partition coefficient (Wildman–Crippen LogP) is 0.620. The van der Waals surface area contributed by atoms with Gasteiger partial charge in [-0.05, 0) is 45.4 Å². The van der Waals surface area contributed by atoms with Gasteiger partial charge in [-0.2, -0.15) is 0 Å². The summed E-state index contributed by atoms with van der Waals surface area (Å²) in [6, 6.07) is -4.37. The lowest BCUT2D eigenvalue weighted by Gasteiger charge is -2.35. The van der Waals surface area contributed by atoms with Crippen molar-refractivity contribution >= 4 is 35.6 Å². The van der Waals surface area contributed by atoms with Gasteiger partial charge in [0.05, 0.1) is 18.2 Å². The van der Waals surface area contributed by atoms with E-state index in [9.17, 15) is 39.0 Å². The van der Waals surface area contributed by atoms with Crippen LogP contribution in [0, 0.1) is 11.8 Å². The van der Waals surface area contributed by atoms with Gasteiger partial charge in [0.1, 0.15) is 18.1 Å². The first kappa shape index (κ1) is 41.5. The standard InChI is InChI=1S/C31H56N6O8/c1-12-14-15-20(5)26(40)25(37(11)23(38)16-19(3)4)28(42)33-21(13-2)29(43)35(9)18-24(39)36(10)22(17-31(6,7)45)27(41)34-30(44)32-8/h12,14,19-22,25-26,40,45H,13,15-18H2,1-11H3,(H,33,42)(H2,32,34,41,44)/b14-12+/t20-,21+,22+,25+,26-/m1/s1. The molecule has 0 spiro atoms. The molecule has 0 unspecified atom stereocenters. The molecule has 45 heavy (non-hydrogen) atoms. The summed E-state index contributed by atoms with van der Waals surface area (Å²) in [6.45, 7) is 11.4. The van der Waals surface area contributed by atoms with E-state index < -0.39 is 66.0 Å². The number of aliphatic hydroxyl groups is 2. The molecule has 0 saturated heterocycles. The third kappa shape index (κ3) is 14.0. The third-order valence-electron chi connectivity index (χ3n) is 7.40. The molecule has 0 saturated carbocycles. The Morgan fingerprint density at radius 3 is 1.98 bits per heavy atom. The van der Waals surface area contributed by atoms with Crippen LogP contribution in [0.3, 0.4) is 0 Å². The van der Waals surface area contributed by atoms with E-state index in [1.54, 1.807) is 13.8 Å². The van der Waals surface area contributed by atoms with Crippen molar-refractivity contribution in [3.05, 3.63) is 12.2 Å². The van der Waals surface area contributed by atoms with Crippen LogP contribution < -0.4 is 16.0 Å². The second kappa shape index (κ2) is 19.1. The van der Waals surface area contributed by atoms with Crippen molar-refractivity contribution < 1.29 is 39.0 Å². The monoisotopic (exact) mass is 640 g/mol. The zero-order valence-corrected chi connectivity index (χ0v) is 28.8. The first-order chi connectivity index (χ1) is 20.7. The molecule has 0 rings (SSSR count). The maximum absolute atomic E-state index is 13.6. The Labute approximate surface area is 267 Å². The average molecular weight is 641 g/mol. The number of urea groups is 1. The molecule has 14 nitrogen and oxygen atoms in total. The van der Waals surface area contributed by atoms with Gasteiger partial charge in [-0.15, -0.1) is 0 Å². The molecule has 5 N–H and O–H groups in total. The van der Waals surface area contributed by atoms with Crippen molar-refractivity contribution in [2.24, 2.45) is 11.8 Å². The molecule has 0 aromatic rings. The van der Waals surface area contributed by atoms with Crippen molar-refractivity contribution in [1.82, 2.24) is 30.7 Å². The summed E-state index contributed by atoms with van der Waals surface area (Å²) in [5, 5.41) is 28.5. The fraction of sp³-hybridized carbons (Fsp3) is 0.742. The van der Waals surface area contributed by atoms with Gasteiger partial charge in [0.25, 0.3) is 5.91 Å². The number of hydrogen-bond acceptors (Lipinski definition) is 8. The van der Waals surface area contributed by atoms with Crippen molar-refractivity contribution in [3.8, 4) is 0 Å². The van der Waals surface area contributed by atoms with Crippen LogP contribution in [0.2, 0.25) is 0 Å². The Kier molecular flexibility index (Phi) is 17.6. The van der Waals surface area contributed by atoms with E-state index in [0.29, 0.717) is 6.42 Å². The Hall–Kier alpha value is -3.52. The molecule has 14 heteroatoms. The van der Waals surface area contributed by atoms with E-state index >= 15 is 0 Å². The van der Waals surface area contributed by atoms with Crippen molar-refractivity contribution in [3.63, 3.8) is 0 Å². The molecule has 0 aliphatic heterocycles. The van der Waals surface area contributed by atoms with Gasteiger partial charge in [-0.3, -0.25) is 29.3 Å². The number of likely N-dealkylation sites (N-methyl/N-ethyl adjacent to an activating group) is 3. The maximum atomic E-state index is 13.6. The van der Waals surface area contributed by atoms with E-state index in [4.69, 9.17) is 0 Å². The highest BCUT2D eigenvalue weighted by Crippen LogP contribution is 2.19. The quantitative estimate of drug-likeness (QED) is 0.143. The molecule has 5 atom stereocenters. The van der Waals surface area contributed by atoms with Gasteiger partial charge in [-0.1, -0.05) is 39.8 Å². The predicted molar refractivity (Wildman–Crippen MR) is 171 cm³/mol. The summed E-state index contributed by atoms with van der Waals surface area (Å²) < 4.78 is 0. The Balaban J connectivity index is 5.96. The fourth-order valence-electron chi connectivity index (χ4n) is 4.57. The van der Waals surface area contributed by atoms with Gasteiger partial charge >= 0.3 is 6.03 Å². The molecule has 0 bridgehead atoms. The minimum absolute atomic E-state index is 0.0217. The first-order valence-electron chi connectivity index (χ1n) is 15.3. The van der Waals surface area contributed by atoms with Crippen LogP contribution in [0.5, 0.6) is 0 Å². The Bertz CT molecular complexity index is 1060. The van der Waals surface area contributed by atoms with Gasteiger partial charge in [-0.25, -0.2) is 4.79 Å². The van der Waals surface area contributed by atoms with Crippen LogP contribution in [-0.4, -0.2) is 125 Å². The lowest BCUT2D eigenvalue weighted by atomic mass is 9.92. The third-order valence-corrected chi connectivity index (χ3v) is 7.40. The van der Waals surface area contributed by atoms with Gasteiger partial charge in [0.15, 0.2) is 0 Å². The van der Waals surface area contributed by atoms with E-state index in [1.165, 1.54) is 46.9 Å². The van der Waals surface area contributed by atoms with Crippen molar-refractivity contribution in [1.29, 1.82) is 0 Å². The summed E-state index contributed by atoms with van der Waals surface area (Å²) in [4.78, 5) is 81.0. The number of nitrogens with one attached hydrogen (secondary N) is 3. The first-order valence-corrected chi connectivity index (χ1v) is 15.3. The summed E-state index contributed by atoms with van der Waals surface area (Å²) in [6.07, 6.45) is 3.05. The zero-order chi connectivity index (χ0) is 35.2. The highest BCUT2D eigenvalue weighted by atomic mass is 16.3. The normalized spacial score (nSPS) is 15.0.